The van der Waals surface area contributed by atoms with Gasteiger partial charge >= 0.3 is 5.97 Å². The van der Waals surface area contributed by atoms with Crippen LogP contribution in [0.2, 0.25) is 0 Å². The van der Waals surface area contributed by atoms with Gasteiger partial charge in [-0.05, 0) is 59.9 Å². The average Bonchev–Trinajstić information content (AvgIpc) is 2.67. The van der Waals surface area contributed by atoms with Gasteiger partial charge in [-0.25, -0.2) is 9.18 Å². The zero-order chi connectivity index (χ0) is 19.2. The summed E-state index contributed by atoms with van der Waals surface area (Å²) in [7, 11) is 0. The second kappa shape index (κ2) is 8.36. The average molecular weight is 366 g/mol. The molecule has 2 N–H and O–H groups in total. The minimum absolute atomic E-state index is 0.0726. The minimum atomic E-state index is -1.07. The van der Waals surface area contributed by atoms with Crippen LogP contribution in [0, 0.1) is 5.82 Å². The number of aryl methyl sites for hydroxylation is 1. The molecule has 27 heavy (non-hydrogen) atoms. The SMILES string of the molecule is O=C(O)c1ccc(-c2ccc(F)cc2)cc1OCCCc1ccccc1O. The van der Waals surface area contributed by atoms with Crippen LogP contribution in [0.1, 0.15) is 22.3 Å². The Morgan fingerprint density at radius 3 is 2.37 bits per heavy atom. The lowest BCUT2D eigenvalue weighted by Crippen LogP contribution is -2.05. The third kappa shape index (κ3) is 4.64. The van der Waals surface area contributed by atoms with Crippen molar-refractivity contribution in [2.75, 3.05) is 6.61 Å². The molecule has 0 fully saturated rings. The molecule has 138 valence electrons. The van der Waals surface area contributed by atoms with Crippen molar-refractivity contribution in [2.45, 2.75) is 12.8 Å². The van der Waals surface area contributed by atoms with Crippen molar-refractivity contribution in [1.29, 1.82) is 0 Å². The van der Waals surface area contributed by atoms with E-state index in [-0.39, 0.29) is 22.9 Å². The standard InChI is InChI=1S/C22H19FO4/c23-18-10-7-15(8-11-18)17-9-12-19(22(25)26)21(14-17)27-13-3-5-16-4-1-2-6-20(16)24/h1-2,4,6-12,14,24H,3,5,13H2,(H,25,26). The van der Waals surface area contributed by atoms with Crippen molar-refractivity contribution in [2.24, 2.45) is 0 Å². The van der Waals surface area contributed by atoms with Crippen molar-refractivity contribution in [3.63, 3.8) is 0 Å². The Morgan fingerprint density at radius 2 is 1.67 bits per heavy atom. The molecule has 3 aromatic rings. The molecular formula is C22H19FO4. The van der Waals surface area contributed by atoms with E-state index in [1.165, 1.54) is 18.2 Å². The van der Waals surface area contributed by atoms with Gasteiger partial charge in [0.05, 0.1) is 6.61 Å². The van der Waals surface area contributed by atoms with Crippen LogP contribution < -0.4 is 4.74 Å². The van der Waals surface area contributed by atoms with E-state index >= 15 is 0 Å². The maximum atomic E-state index is 13.1. The van der Waals surface area contributed by atoms with E-state index < -0.39 is 5.97 Å². The molecule has 4 nitrogen and oxygen atoms in total. The predicted molar refractivity (Wildman–Crippen MR) is 101 cm³/mol. The van der Waals surface area contributed by atoms with Gasteiger partial charge in [0.1, 0.15) is 22.9 Å². The highest BCUT2D eigenvalue weighted by Crippen LogP contribution is 2.28. The number of aromatic carboxylic acids is 1. The van der Waals surface area contributed by atoms with Crippen LogP contribution in [0.15, 0.2) is 66.7 Å². The number of phenolic OH excluding ortho intramolecular Hbond substituents is 1. The summed E-state index contributed by atoms with van der Waals surface area (Å²) in [6.45, 7) is 0.307. The molecule has 0 aliphatic carbocycles. The van der Waals surface area contributed by atoms with E-state index in [0.717, 1.165) is 16.7 Å². The van der Waals surface area contributed by atoms with E-state index in [0.29, 0.717) is 19.4 Å². The highest BCUT2D eigenvalue weighted by molar-refractivity contribution is 5.92. The van der Waals surface area contributed by atoms with Crippen molar-refractivity contribution >= 4 is 5.97 Å². The molecule has 0 atom stereocenters. The minimum Gasteiger partial charge on any atom is -0.508 e. The molecule has 0 bridgehead atoms. The number of aromatic hydroxyl groups is 1. The Kier molecular flexibility index (Phi) is 5.71. The quantitative estimate of drug-likeness (QED) is 0.583. The zero-order valence-corrected chi connectivity index (χ0v) is 14.6. The molecule has 0 radical (unpaired) electrons. The number of benzene rings is 3. The first kappa shape index (κ1) is 18.5. The van der Waals surface area contributed by atoms with Gasteiger partial charge in [-0.1, -0.05) is 36.4 Å². The van der Waals surface area contributed by atoms with Gasteiger partial charge in [-0.3, -0.25) is 0 Å². The van der Waals surface area contributed by atoms with Crippen molar-refractivity contribution < 1.29 is 24.1 Å². The lowest BCUT2D eigenvalue weighted by molar-refractivity contribution is 0.0692. The van der Waals surface area contributed by atoms with Gasteiger partial charge in [0.2, 0.25) is 0 Å². The van der Waals surface area contributed by atoms with Gasteiger partial charge in [-0.15, -0.1) is 0 Å². The molecular weight excluding hydrogens is 347 g/mol. The van der Waals surface area contributed by atoms with Gasteiger partial charge in [0, 0.05) is 0 Å². The lowest BCUT2D eigenvalue weighted by atomic mass is 10.0. The number of carboxylic acid groups (broad SMARTS) is 1. The normalized spacial score (nSPS) is 10.6. The van der Waals surface area contributed by atoms with Crippen LogP contribution in [0.25, 0.3) is 11.1 Å². The fourth-order valence-electron chi connectivity index (χ4n) is 2.81. The maximum Gasteiger partial charge on any atom is 0.339 e. The number of carbonyl (C=O) groups is 1. The highest BCUT2D eigenvalue weighted by atomic mass is 19.1. The van der Waals surface area contributed by atoms with Crippen LogP contribution in [0.3, 0.4) is 0 Å². The summed E-state index contributed by atoms with van der Waals surface area (Å²) in [6, 6.07) is 17.9. The summed E-state index contributed by atoms with van der Waals surface area (Å²) in [5.74, 6) is -0.901. The van der Waals surface area contributed by atoms with Crippen molar-refractivity contribution in [3.8, 4) is 22.6 Å². The topological polar surface area (TPSA) is 66.8 Å². The van der Waals surface area contributed by atoms with E-state index in [4.69, 9.17) is 4.74 Å². The van der Waals surface area contributed by atoms with Crippen LogP contribution >= 0.6 is 0 Å². The number of rotatable bonds is 7. The summed E-state index contributed by atoms with van der Waals surface area (Å²) >= 11 is 0. The second-order valence-electron chi connectivity index (χ2n) is 6.10. The first-order chi connectivity index (χ1) is 13.0. The second-order valence-corrected chi connectivity index (χ2v) is 6.10. The molecule has 0 saturated carbocycles. The van der Waals surface area contributed by atoms with Crippen LogP contribution in [-0.2, 0) is 6.42 Å². The largest absolute Gasteiger partial charge is 0.508 e. The molecule has 0 aromatic heterocycles. The number of phenols is 1. The number of para-hydroxylation sites is 1. The summed E-state index contributed by atoms with van der Waals surface area (Å²) in [5, 5.41) is 19.2. The molecule has 0 aliphatic heterocycles. The Balaban J connectivity index is 1.72. The van der Waals surface area contributed by atoms with Crippen molar-refractivity contribution in [1.82, 2.24) is 0 Å². The van der Waals surface area contributed by atoms with Gasteiger partial charge in [0.25, 0.3) is 0 Å². The van der Waals surface area contributed by atoms with Gasteiger partial charge < -0.3 is 14.9 Å². The van der Waals surface area contributed by atoms with E-state index in [1.807, 2.05) is 12.1 Å². The molecule has 3 rings (SSSR count). The Bertz CT molecular complexity index is 935. The van der Waals surface area contributed by atoms with Crippen LogP contribution in [0.5, 0.6) is 11.5 Å². The molecule has 5 heteroatoms. The number of carboxylic acids is 1. The molecule has 0 aliphatic rings. The van der Waals surface area contributed by atoms with E-state index in [9.17, 15) is 19.4 Å². The molecule has 0 saturated heterocycles. The van der Waals surface area contributed by atoms with Crippen molar-refractivity contribution in [3.05, 3.63) is 83.7 Å². The first-order valence-corrected chi connectivity index (χ1v) is 8.57. The molecule has 0 amide bonds. The maximum absolute atomic E-state index is 13.1. The van der Waals surface area contributed by atoms with Gasteiger partial charge in [0.15, 0.2) is 0 Å². The van der Waals surface area contributed by atoms with E-state index in [2.05, 4.69) is 0 Å². The molecule has 0 spiro atoms. The first-order valence-electron chi connectivity index (χ1n) is 8.57. The molecule has 0 heterocycles. The summed E-state index contributed by atoms with van der Waals surface area (Å²) in [6.07, 6.45) is 1.24. The predicted octanol–water partition coefficient (Wildman–Crippen LogP) is 4.91. The fourth-order valence-corrected chi connectivity index (χ4v) is 2.81. The monoisotopic (exact) mass is 366 g/mol. The summed E-state index contributed by atoms with van der Waals surface area (Å²) < 4.78 is 18.8. The smallest absolute Gasteiger partial charge is 0.339 e. The third-order valence-corrected chi connectivity index (χ3v) is 4.23. The molecule has 0 unspecified atom stereocenters. The highest BCUT2D eigenvalue weighted by Gasteiger charge is 2.13. The Morgan fingerprint density at radius 1 is 0.963 bits per heavy atom. The summed E-state index contributed by atoms with van der Waals surface area (Å²) in [4.78, 5) is 11.5. The Labute approximate surface area is 156 Å². The molecule has 3 aromatic carbocycles. The van der Waals surface area contributed by atoms with Crippen LogP contribution in [0.4, 0.5) is 4.39 Å². The van der Waals surface area contributed by atoms with Crippen LogP contribution in [-0.4, -0.2) is 22.8 Å². The lowest BCUT2D eigenvalue weighted by Gasteiger charge is -2.12. The number of hydrogen-bond acceptors (Lipinski definition) is 3. The zero-order valence-electron chi connectivity index (χ0n) is 14.6. The summed E-state index contributed by atoms with van der Waals surface area (Å²) in [5.41, 5.74) is 2.41. The van der Waals surface area contributed by atoms with E-state index in [1.54, 1.807) is 36.4 Å². The number of halogens is 1. The fraction of sp³-hybridized carbons (Fsp3) is 0.136. The van der Waals surface area contributed by atoms with Gasteiger partial charge in [-0.2, -0.15) is 0 Å². The number of hydrogen-bond donors (Lipinski definition) is 2. The number of ether oxygens (including phenoxy) is 1. The third-order valence-electron chi connectivity index (χ3n) is 4.23. The Hall–Kier alpha value is -3.34.